The highest BCUT2D eigenvalue weighted by Gasteiger charge is 2.39. The van der Waals surface area contributed by atoms with E-state index in [1.54, 1.807) is 0 Å². The number of hydrogen-bond acceptors (Lipinski definition) is 5. The van der Waals surface area contributed by atoms with E-state index in [1.165, 1.54) is 46.6 Å². The van der Waals surface area contributed by atoms with Crippen LogP contribution in [-0.2, 0) is 17.6 Å². The van der Waals surface area contributed by atoms with Crippen molar-refractivity contribution in [1.29, 1.82) is 0 Å². The molecule has 0 N–H and O–H groups in total. The molecule has 0 radical (unpaired) electrons. The lowest BCUT2D eigenvalue weighted by molar-refractivity contribution is 0.107. The van der Waals surface area contributed by atoms with Gasteiger partial charge in [-0.05, 0) is 123 Å². The van der Waals surface area contributed by atoms with Crippen LogP contribution < -0.4 is 18.9 Å². The second-order valence-electron chi connectivity index (χ2n) is 13.3. The Kier molecular flexibility index (Phi) is 7.98. The van der Waals surface area contributed by atoms with Crippen molar-refractivity contribution >= 4 is 0 Å². The molecule has 41 heavy (non-hydrogen) atoms. The third-order valence-electron chi connectivity index (χ3n) is 9.97. The van der Waals surface area contributed by atoms with Gasteiger partial charge in [-0.1, -0.05) is 39.8 Å². The fourth-order valence-electron chi connectivity index (χ4n) is 7.61. The van der Waals surface area contributed by atoms with Gasteiger partial charge < -0.3 is 23.7 Å². The van der Waals surface area contributed by atoms with Crippen molar-refractivity contribution < 1.29 is 23.7 Å². The van der Waals surface area contributed by atoms with Gasteiger partial charge in [0.15, 0.2) is 23.0 Å². The first-order valence-corrected chi connectivity index (χ1v) is 15.6. The largest absolute Gasteiger partial charge is 0.466 e. The Morgan fingerprint density at radius 3 is 1.46 bits per heavy atom. The predicted octanol–water partition coefficient (Wildman–Crippen LogP) is 8.86. The molecule has 0 amide bonds. The quantitative estimate of drug-likeness (QED) is 0.324. The first kappa shape index (κ1) is 28.1. The third kappa shape index (κ3) is 5.69. The standard InChI is InChI=1S/C36H46O5/c1-21(2)27-11-7-23(5)35(29(27)15-25-9-13-31-33(17-25)39-19-37-31)41-36-24(6)8-12-28(22(3)4)30(36)16-26-10-14-32-34(18-26)40-20-38-32/h9-10,13-14,17-18,21-22,27-30H,7-8,11-12,15-16,19-20H2,1-6H3. The minimum Gasteiger partial charge on any atom is -0.466 e. The van der Waals surface area contributed by atoms with Gasteiger partial charge in [-0.3, -0.25) is 0 Å². The number of fused-ring (bicyclic) bond motifs is 2. The molecule has 2 aliphatic carbocycles. The van der Waals surface area contributed by atoms with Crippen LogP contribution in [0.25, 0.3) is 0 Å². The maximum absolute atomic E-state index is 7.32. The molecular formula is C36H46O5. The first-order valence-electron chi connectivity index (χ1n) is 15.6. The van der Waals surface area contributed by atoms with Gasteiger partial charge in [0, 0.05) is 11.8 Å². The molecule has 0 spiro atoms. The van der Waals surface area contributed by atoms with Crippen molar-refractivity contribution in [3.63, 3.8) is 0 Å². The zero-order chi connectivity index (χ0) is 28.7. The lowest BCUT2D eigenvalue weighted by Gasteiger charge is -2.41. The monoisotopic (exact) mass is 558 g/mol. The maximum Gasteiger partial charge on any atom is 0.231 e. The second-order valence-corrected chi connectivity index (χ2v) is 13.3. The van der Waals surface area contributed by atoms with Gasteiger partial charge in [0.2, 0.25) is 13.6 Å². The SMILES string of the molecule is CC1=C(OC2=C(C)CCC(C(C)C)C2Cc2ccc3c(c2)OCO3)C(Cc2ccc3c(c2)OCO3)C(C(C)C)CC1. The van der Waals surface area contributed by atoms with Gasteiger partial charge >= 0.3 is 0 Å². The zero-order valence-electron chi connectivity index (χ0n) is 25.6. The van der Waals surface area contributed by atoms with Gasteiger partial charge in [0.1, 0.15) is 11.5 Å². The highest BCUT2D eigenvalue weighted by Crippen LogP contribution is 2.48. The van der Waals surface area contributed by atoms with E-state index >= 15 is 0 Å². The lowest BCUT2D eigenvalue weighted by Crippen LogP contribution is -2.33. The Morgan fingerprint density at radius 1 is 0.634 bits per heavy atom. The summed E-state index contributed by atoms with van der Waals surface area (Å²) < 4.78 is 30.0. The topological polar surface area (TPSA) is 46.2 Å². The fraction of sp³-hybridized carbons (Fsp3) is 0.556. The number of benzene rings is 2. The zero-order valence-corrected chi connectivity index (χ0v) is 25.6. The smallest absolute Gasteiger partial charge is 0.231 e. The molecule has 6 rings (SSSR count). The minimum absolute atomic E-state index is 0.305. The summed E-state index contributed by atoms with van der Waals surface area (Å²) in [5.41, 5.74) is 5.38. The molecule has 0 bridgehead atoms. The van der Waals surface area contributed by atoms with Crippen LogP contribution in [0, 0.1) is 35.5 Å². The summed E-state index contributed by atoms with van der Waals surface area (Å²) in [6.45, 7) is 14.7. The van der Waals surface area contributed by atoms with Crippen LogP contribution in [0.2, 0.25) is 0 Å². The van der Waals surface area contributed by atoms with Crippen molar-refractivity contribution in [3.05, 3.63) is 70.2 Å². The van der Waals surface area contributed by atoms with E-state index in [0.717, 1.165) is 48.7 Å². The molecule has 4 atom stereocenters. The Labute approximate surface area is 245 Å². The summed E-state index contributed by atoms with van der Waals surface area (Å²) >= 11 is 0. The van der Waals surface area contributed by atoms with Crippen molar-refractivity contribution in [2.24, 2.45) is 35.5 Å². The maximum atomic E-state index is 7.32. The van der Waals surface area contributed by atoms with Crippen molar-refractivity contribution in [2.75, 3.05) is 13.6 Å². The van der Waals surface area contributed by atoms with E-state index < -0.39 is 0 Å². The van der Waals surface area contributed by atoms with Gasteiger partial charge in [-0.15, -0.1) is 0 Å². The first-order chi connectivity index (χ1) is 19.8. The van der Waals surface area contributed by atoms with Crippen molar-refractivity contribution in [1.82, 2.24) is 0 Å². The Bertz CT molecular complexity index is 1230. The number of allylic oxidation sites excluding steroid dienone is 4. The normalized spacial score (nSPS) is 25.5. The molecule has 2 aromatic carbocycles. The predicted molar refractivity (Wildman–Crippen MR) is 161 cm³/mol. The average molecular weight is 559 g/mol. The molecule has 5 heteroatoms. The molecule has 2 heterocycles. The van der Waals surface area contributed by atoms with E-state index in [2.05, 4.69) is 77.9 Å². The van der Waals surface area contributed by atoms with Crippen LogP contribution >= 0.6 is 0 Å². The summed E-state index contributed by atoms with van der Waals surface area (Å²) in [6.07, 6.45) is 6.50. The summed E-state index contributed by atoms with van der Waals surface area (Å²) in [5.74, 6) is 8.77. The van der Waals surface area contributed by atoms with Gasteiger partial charge in [-0.2, -0.15) is 0 Å². The Morgan fingerprint density at radius 2 is 1.05 bits per heavy atom. The summed E-state index contributed by atoms with van der Waals surface area (Å²) in [6, 6.07) is 12.9. The van der Waals surface area contributed by atoms with E-state index in [4.69, 9.17) is 23.7 Å². The fourth-order valence-corrected chi connectivity index (χ4v) is 7.61. The van der Waals surface area contributed by atoms with Gasteiger partial charge in [-0.25, -0.2) is 0 Å². The number of rotatable bonds is 8. The van der Waals surface area contributed by atoms with Crippen LogP contribution in [0.3, 0.4) is 0 Å². The highest BCUT2D eigenvalue weighted by molar-refractivity contribution is 5.46. The molecular weight excluding hydrogens is 512 g/mol. The number of hydrogen-bond donors (Lipinski definition) is 0. The van der Waals surface area contributed by atoms with Gasteiger partial charge in [0.25, 0.3) is 0 Å². The summed E-state index contributed by atoms with van der Waals surface area (Å²) in [7, 11) is 0. The Hall–Kier alpha value is -3.08. The third-order valence-corrected chi connectivity index (χ3v) is 9.97. The van der Waals surface area contributed by atoms with E-state index in [9.17, 15) is 0 Å². The molecule has 0 saturated carbocycles. The van der Waals surface area contributed by atoms with Crippen LogP contribution in [-0.4, -0.2) is 13.6 Å². The summed E-state index contributed by atoms with van der Waals surface area (Å²) in [4.78, 5) is 0. The molecule has 2 aliphatic heterocycles. The van der Waals surface area contributed by atoms with Crippen LogP contribution in [0.4, 0.5) is 0 Å². The van der Waals surface area contributed by atoms with Gasteiger partial charge in [0.05, 0.1) is 0 Å². The van der Waals surface area contributed by atoms with Crippen molar-refractivity contribution in [2.45, 2.75) is 80.1 Å². The van der Waals surface area contributed by atoms with Crippen LogP contribution in [0.5, 0.6) is 23.0 Å². The van der Waals surface area contributed by atoms with Crippen LogP contribution in [0.15, 0.2) is 59.1 Å². The average Bonchev–Trinajstić information content (AvgIpc) is 3.60. The number of ether oxygens (including phenoxy) is 5. The lowest BCUT2D eigenvalue weighted by atomic mass is 9.70. The Balaban J connectivity index is 1.33. The molecule has 220 valence electrons. The highest BCUT2D eigenvalue weighted by atomic mass is 16.7. The van der Waals surface area contributed by atoms with E-state index in [-0.39, 0.29) is 0 Å². The van der Waals surface area contributed by atoms with Crippen molar-refractivity contribution in [3.8, 4) is 23.0 Å². The van der Waals surface area contributed by atoms with Crippen LogP contribution in [0.1, 0.15) is 78.4 Å². The molecule has 0 fully saturated rings. The molecule has 4 aliphatic rings. The minimum atomic E-state index is 0.305. The second kappa shape index (κ2) is 11.7. The molecule has 2 aromatic rings. The molecule has 5 nitrogen and oxygen atoms in total. The van der Waals surface area contributed by atoms with E-state index in [1.807, 2.05) is 0 Å². The van der Waals surface area contributed by atoms with E-state index in [0.29, 0.717) is 49.1 Å². The molecule has 0 aromatic heterocycles. The molecule has 0 saturated heterocycles. The summed E-state index contributed by atoms with van der Waals surface area (Å²) in [5, 5.41) is 0. The molecule has 4 unspecified atom stereocenters.